The minimum atomic E-state index is -0.0451. The first-order valence-corrected chi connectivity index (χ1v) is 3.73. The van der Waals surface area contributed by atoms with E-state index < -0.39 is 0 Å². The quantitative estimate of drug-likeness (QED) is 0.518. The molecule has 10 heavy (non-hydrogen) atoms. The fraction of sp³-hybridized carbons (Fsp3) is 1.00. The van der Waals surface area contributed by atoms with Gasteiger partial charge in [-0.25, -0.2) is 0 Å². The van der Waals surface area contributed by atoms with Gasteiger partial charge >= 0.3 is 0 Å². The van der Waals surface area contributed by atoms with Crippen molar-refractivity contribution in [2.45, 2.75) is 25.9 Å². The summed E-state index contributed by atoms with van der Waals surface area (Å²) >= 11 is 0. The van der Waals surface area contributed by atoms with Gasteiger partial charge in [0.25, 0.3) is 0 Å². The minimum Gasteiger partial charge on any atom is -0.393 e. The van der Waals surface area contributed by atoms with Gasteiger partial charge in [-0.05, 0) is 25.3 Å². The standard InChI is InChI=1S/C7H15NO.Na/c1-2-6-5-8-4-3-7(6)9;/h6-9H,2-5H2,1H3;. The van der Waals surface area contributed by atoms with Gasteiger partial charge in [0.1, 0.15) is 0 Å². The molecule has 1 aliphatic heterocycles. The molecule has 0 spiro atoms. The molecule has 0 aliphatic carbocycles. The van der Waals surface area contributed by atoms with Crippen LogP contribution < -0.4 is 5.32 Å². The molecule has 0 aromatic carbocycles. The first-order chi connectivity index (χ1) is 4.34. The number of aliphatic hydroxyl groups excluding tert-OH is 1. The Labute approximate surface area is 84.7 Å². The molecule has 55 valence electrons. The average molecular weight is 152 g/mol. The van der Waals surface area contributed by atoms with Crippen LogP contribution in [0.4, 0.5) is 0 Å². The molecular formula is C7H15NNaO. The maximum Gasteiger partial charge on any atom is 0.0592 e. The van der Waals surface area contributed by atoms with Crippen LogP contribution in [0.3, 0.4) is 0 Å². The van der Waals surface area contributed by atoms with Crippen molar-refractivity contribution in [3.8, 4) is 0 Å². The summed E-state index contributed by atoms with van der Waals surface area (Å²) in [6.45, 7) is 4.11. The monoisotopic (exact) mass is 152 g/mol. The minimum absolute atomic E-state index is 0. The van der Waals surface area contributed by atoms with E-state index in [0.29, 0.717) is 5.92 Å². The van der Waals surface area contributed by atoms with Crippen molar-refractivity contribution in [3.63, 3.8) is 0 Å². The summed E-state index contributed by atoms with van der Waals surface area (Å²) in [5.41, 5.74) is 0. The molecule has 1 radical (unpaired) electrons. The molecule has 0 bridgehead atoms. The van der Waals surface area contributed by atoms with Crippen LogP contribution in [0.5, 0.6) is 0 Å². The van der Waals surface area contributed by atoms with E-state index in [2.05, 4.69) is 12.2 Å². The maximum absolute atomic E-state index is 9.33. The molecule has 1 fully saturated rings. The molecule has 0 aromatic heterocycles. The summed E-state index contributed by atoms with van der Waals surface area (Å²) in [7, 11) is 0. The van der Waals surface area contributed by atoms with Crippen LogP contribution >= 0.6 is 0 Å². The molecule has 1 rings (SSSR count). The number of nitrogens with one attached hydrogen (secondary N) is 1. The van der Waals surface area contributed by atoms with Crippen LogP contribution in [-0.2, 0) is 0 Å². The van der Waals surface area contributed by atoms with E-state index >= 15 is 0 Å². The van der Waals surface area contributed by atoms with Crippen LogP contribution in [0.2, 0.25) is 0 Å². The zero-order chi connectivity index (χ0) is 6.69. The Morgan fingerprint density at radius 1 is 1.60 bits per heavy atom. The van der Waals surface area contributed by atoms with Crippen molar-refractivity contribution in [2.75, 3.05) is 13.1 Å². The Hall–Kier alpha value is 0.920. The topological polar surface area (TPSA) is 32.3 Å². The van der Waals surface area contributed by atoms with Gasteiger partial charge in [0.15, 0.2) is 0 Å². The predicted octanol–water partition coefficient (Wildman–Crippen LogP) is -0.0140. The molecule has 2 atom stereocenters. The largest absolute Gasteiger partial charge is 0.393 e. The number of aliphatic hydroxyl groups is 1. The van der Waals surface area contributed by atoms with E-state index in [-0.39, 0.29) is 35.7 Å². The average Bonchev–Trinajstić information content (AvgIpc) is 1.89. The van der Waals surface area contributed by atoms with Gasteiger partial charge in [-0.2, -0.15) is 0 Å². The summed E-state index contributed by atoms with van der Waals surface area (Å²) in [6.07, 6.45) is 1.98. The molecule has 0 amide bonds. The predicted molar refractivity (Wildman–Crippen MR) is 43.0 cm³/mol. The number of rotatable bonds is 1. The van der Waals surface area contributed by atoms with E-state index in [4.69, 9.17) is 0 Å². The molecule has 2 nitrogen and oxygen atoms in total. The second kappa shape index (κ2) is 5.56. The molecule has 0 saturated carbocycles. The molecule has 1 heterocycles. The van der Waals surface area contributed by atoms with E-state index in [9.17, 15) is 5.11 Å². The zero-order valence-electron chi connectivity index (χ0n) is 6.93. The fourth-order valence-electron chi connectivity index (χ4n) is 1.33. The van der Waals surface area contributed by atoms with Gasteiger partial charge in [0.2, 0.25) is 0 Å². The molecule has 0 aromatic rings. The summed E-state index contributed by atoms with van der Waals surface area (Å²) in [4.78, 5) is 0. The molecule has 3 heteroatoms. The van der Waals surface area contributed by atoms with Gasteiger partial charge in [-0.15, -0.1) is 0 Å². The van der Waals surface area contributed by atoms with Crippen molar-refractivity contribution < 1.29 is 5.11 Å². The van der Waals surface area contributed by atoms with E-state index in [1.54, 1.807) is 0 Å². The van der Waals surface area contributed by atoms with Crippen molar-refractivity contribution >= 4 is 29.6 Å². The normalized spacial score (nSPS) is 33.0. The van der Waals surface area contributed by atoms with Crippen LogP contribution in [0.25, 0.3) is 0 Å². The Bertz CT molecular complexity index is 89.7. The van der Waals surface area contributed by atoms with Gasteiger partial charge in [0.05, 0.1) is 6.10 Å². The molecule has 1 saturated heterocycles. The zero-order valence-corrected chi connectivity index (χ0v) is 8.93. The van der Waals surface area contributed by atoms with Crippen LogP contribution in [-0.4, -0.2) is 53.9 Å². The van der Waals surface area contributed by atoms with E-state index in [0.717, 1.165) is 25.9 Å². The third kappa shape index (κ3) is 2.89. The van der Waals surface area contributed by atoms with Crippen LogP contribution in [0.15, 0.2) is 0 Å². The third-order valence-electron chi connectivity index (χ3n) is 2.09. The first-order valence-electron chi connectivity index (χ1n) is 3.73. The second-order valence-corrected chi connectivity index (χ2v) is 2.73. The van der Waals surface area contributed by atoms with Gasteiger partial charge in [0, 0.05) is 36.1 Å². The fourth-order valence-corrected chi connectivity index (χ4v) is 1.33. The Morgan fingerprint density at radius 3 is 2.70 bits per heavy atom. The Morgan fingerprint density at radius 2 is 2.30 bits per heavy atom. The smallest absolute Gasteiger partial charge is 0.0592 e. The summed E-state index contributed by atoms with van der Waals surface area (Å²) in [6, 6.07) is 0. The summed E-state index contributed by atoms with van der Waals surface area (Å²) in [5, 5.41) is 12.6. The van der Waals surface area contributed by atoms with E-state index in [1.807, 2.05) is 0 Å². The van der Waals surface area contributed by atoms with Crippen LogP contribution in [0, 0.1) is 5.92 Å². The number of hydrogen-bond donors (Lipinski definition) is 2. The summed E-state index contributed by atoms with van der Waals surface area (Å²) < 4.78 is 0. The molecule has 1 aliphatic rings. The maximum atomic E-state index is 9.33. The molecular weight excluding hydrogens is 137 g/mol. The van der Waals surface area contributed by atoms with Crippen molar-refractivity contribution in [1.29, 1.82) is 0 Å². The molecule has 2 unspecified atom stereocenters. The second-order valence-electron chi connectivity index (χ2n) is 2.73. The van der Waals surface area contributed by atoms with Crippen LogP contribution in [0.1, 0.15) is 19.8 Å². The van der Waals surface area contributed by atoms with Crippen molar-refractivity contribution in [1.82, 2.24) is 5.32 Å². The molecule has 2 N–H and O–H groups in total. The summed E-state index contributed by atoms with van der Waals surface area (Å²) in [5.74, 6) is 0.499. The Kier molecular flexibility index (Phi) is 6.07. The van der Waals surface area contributed by atoms with Gasteiger partial charge < -0.3 is 10.4 Å². The third-order valence-corrected chi connectivity index (χ3v) is 2.09. The SMILES string of the molecule is CCC1CNCCC1O.[Na]. The number of piperidine rings is 1. The van der Waals surface area contributed by atoms with Crippen molar-refractivity contribution in [3.05, 3.63) is 0 Å². The van der Waals surface area contributed by atoms with Gasteiger partial charge in [-0.1, -0.05) is 6.92 Å². The van der Waals surface area contributed by atoms with Crippen molar-refractivity contribution in [2.24, 2.45) is 5.92 Å². The number of hydrogen-bond acceptors (Lipinski definition) is 2. The first kappa shape index (κ1) is 10.9. The van der Waals surface area contributed by atoms with Gasteiger partial charge in [-0.3, -0.25) is 0 Å². The van der Waals surface area contributed by atoms with E-state index in [1.165, 1.54) is 0 Å². The Balaban J connectivity index is 0.000000810.